The van der Waals surface area contributed by atoms with Crippen LogP contribution in [0.5, 0.6) is 0 Å². The summed E-state index contributed by atoms with van der Waals surface area (Å²) in [5, 5.41) is 3.45. The summed E-state index contributed by atoms with van der Waals surface area (Å²) in [4.78, 5) is 5.81. The van der Waals surface area contributed by atoms with Crippen LogP contribution in [-0.2, 0) is 0 Å². The molecule has 4 nitrogen and oxygen atoms in total. The molecule has 2 rings (SSSR count). The summed E-state index contributed by atoms with van der Waals surface area (Å²) in [6.07, 6.45) is 4.69. The van der Waals surface area contributed by atoms with Crippen LogP contribution in [0.3, 0.4) is 0 Å². The SMILES string of the molecule is CN(C)C(=S)C(C1CCNCC1)N1CCC(N)CC1. The highest BCUT2D eigenvalue weighted by atomic mass is 32.1. The lowest BCUT2D eigenvalue weighted by Crippen LogP contribution is -2.55. The van der Waals surface area contributed by atoms with Gasteiger partial charge in [-0.2, -0.15) is 0 Å². The van der Waals surface area contributed by atoms with Crippen LogP contribution in [0.15, 0.2) is 0 Å². The number of hydrogen-bond donors (Lipinski definition) is 2. The Kier molecular flexibility index (Phi) is 5.57. The zero-order valence-corrected chi connectivity index (χ0v) is 13.1. The number of nitrogens with one attached hydrogen (secondary N) is 1. The fourth-order valence-corrected chi connectivity index (χ4v) is 3.62. The van der Waals surface area contributed by atoms with Crippen molar-refractivity contribution in [1.29, 1.82) is 0 Å². The molecule has 1 atom stereocenters. The summed E-state index contributed by atoms with van der Waals surface area (Å²) in [5.41, 5.74) is 6.03. The first-order valence-corrected chi connectivity index (χ1v) is 7.92. The molecule has 0 bridgehead atoms. The molecule has 0 aromatic carbocycles. The van der Waals surface area contributed by atoms with Gasteiger partial charge in [0.25, 0.3) is 0 Å². The first kappa shape index (κ1) is 15.2. The summed E-state index contributed by atoms with van der Waals surface area (Å²) in [6.45, 7) is 4.46. The number of nitrogens with two attached hydrogens (primary N) is 1. The van der Waals surface area contributed by atoms with E-state index in [1.54, 1.807) is 0 Å². The van der Waals surface area contributed by atoms with E-state index in [9.17, 15) is 0 Å². The van der Waals surface area contributed by atoms with Gasteiger partial charge in [-0.3, -0.25) is 4.90 Å². The van der Waals surface area contributed by atoms with Gasteiger partial charge < -0.3 is 16.0 Å². The first-order valence-electron chi connectivity index (χ1n) is 7.51. The van der Waals surface area contributed by atoms with Crippen molar-refractivity contribution in [3.8, 4) is 0 Å². The van der Waals surface area contributed by atoms with Crippen LogP contribution in [0.4, 0.5) is 0 Å². The minimum atomic E-state index is 0.387. The fourth-order valence-electron chi connectivity index (χ4n) is 3.28. The highest BCUT2D eigenvalue weighted by Crippen LogP contribution is 2.25. The van der Waals surface area contributed by atoms with Crippen molar-refractivity contribution < 1.29 is 0 Å². The Morgan fingerprint density at radius 1 is 1.21 bits per heavy atom. The van der Waals surface area contributed by atoms with Crippen molar-refractivity contribution in [3.63, 3.8) is 0 Å². The Morgan fingerprint density at radius 3 is 2.32 bits per heavy atom. The predicted molar refractivity (Wildman–Crippen MR) is 84.4 cm³/mol. The summed E-state index contributed by atoms with van der Waals surface area (Å²) in [6, 6.07) is 0.817. The van der Waals surface area contributed by atoms with E-state index in [2.05, 4.69) is 29.2 Å². The molecule has 0 aliphatic carbocycles. The monoisotopic (exact) mass is 284 g/mol. The molecule has 2 aliphatic rings. The van der Waals surface area contributed by atoms with Crippen molar-refractivity contribution in [2.45, 2.75) is 37.8 Å². The van der Waals surface area contributed by atoms with Gasteiger partial charge in [0.1, 0.15) is 0 Å². The molecule has 2 fully saturated rings. The van der Waals surface area contributed by atoms with Crippen molar-refractivity contribution in [2.24, 2.45) is 11.7 Å². The normalized spacial score (nSPS) is 25.2. The number of piperidine rings is 2. The Morgan fingerprint density at radius 2 is 1.79 bits per heavy atom. The van der Waals surface area contributed by atoms with E-state index in [1.807, 2.05) is 0 Å². The van der Waals surface area contributed by atoms with Gasteiger partial charge in [0.2, 0.25) is 0 Å². The molecule has 0 aromatic heterocycles. The number of rotatable bonds is 3. The number of thiocarbonyl (C=S) groups is 1. The Balaban J connectivity index is 2.06. The van der Waals surface area contributed by atoms with E-state index in [4.69, 9.17) is 18.0 Å². The lowest BCUT2D eigenvalue weighted by molar-refractivity contribution is 0.130. The molecule has 110 valence electrons. The van der Waals surface area contributed by atoms with E-state index in [1.165, 1.54) is 12.8 Å². The molecule has 1 unspecified atom stereocenters. The van der Waals surface area contributed by atoms with Gasteiger partial charge in [-0.25, -0.2) is 0 Å². The molecule has 0 amide bonds. The maximum atomic E-state index is 6.03. The lowest BCUT2D eigenvalue weighted by atomic mass is 9.87. The molecule has 0 aromatic rings. The third kappa shape index (κ3) is 3.88. The second kappa shape index (κ2) is 6.97. The van der Waals surface area contributed by atoms with Gasteiger partial charge >= 0.3 is 0 Å². The zero-order valence-electron chi connectivity index (χ0n) is 12.3. The smallest absolute Gasteiger partial charge is 0.0951 e. The minimum absolute atomic E-state index is 0.387. The van der Waals surface area contributed by atoms with E-state index < -0.39 is 0 Å². The zero-order chi connectivity index (χ0) is 13.8. The van der Waals surface area contributed by atoms with E-state index in [0.717, 1.165) is 44.0 Å². The van der Waals surface area contributed by atoms with Gasteiger partial charge in [0.15, 0.2) is 0 Å². The topological polar surface area (TPSA) is 44.5 Å². The minimum Gasteiger partial charge on any atom is -0.371 e. The van der Waals surface area contributed by atoms with Crippen molar-refractivity contribution >= 4 is 17.2 Å². The van der Waals surface area contributed by atoms with E-state index >= 15 is 0 Å². The molecular weight excluding hydrogens is 256 g/mol. The molecular formula is C14H28N4S. The molecule has 2 heterocycles. The van der Waals surface area contributed by atoms with Crippen LogP contribution in [0.2, 0.25) is 0 Å². The quantitative estimate of drug-likeness (QED) is 0.746. The fraction of sp³-hybridized carbons (Fsp3) is 0.929. The van der Waals surface area contributed by atoms with Crippen LogP contribution in [0.1, 0.15) is 25.7 Å². The van der Waals surface area contributed by atoms with E-state index in [-0.39, 0.29) is 0 Å². The third-order valence-electron chi connectivity index (χ3n) is 4.49. The molecule has 3 N–H and O–H groups in total. The van der Waals surface area contributed by atoms with Crippen LogP contribution >= 0.6 is 12.2 Å². The first-order chi connectivity index (χ1) is 9.09. The van der Waals surface area contributed by atoms with Crippen molar-refractivity contribution in [1.82, 2.24) is 15.1 Å². The lowest BCUT2D eigenvalue weighted by Gasteiger charge is -2.43. The Hall–Kier alpha value is -0.230. The third-order valence-corrected chi connectivity index (χ3v) is 5.10. The number of likely N-dealkylation sites (N-methyl/N-ethyl adjacent to an activating group) is 1. The number of likely N-dealkylation sites (tertiary alicyclic amines) is 1. The molecule has 0 spiro atoms. The van der Waals surface area contributed by atoms with Crippen molar-refractivity contribution in [2.75, 3.05) is 40.3 Å². The number of nitrogens with zero attached hydrogens (tertiary/aromatic N) is 2. The van der Waals surface area contributed by atoms with Gasteiger partial charge in [-0.05, 0) is 44.7 Å². The average Bonchev–Trinajstić information content (AvgIpc) is 2.42. The molecule has 0 saturated carbocycles. The largest absolute Gasteiger partial charge is 0.371 e. The summed E-state index contributed by atoms with van der Waals surface area (Å²) >= 11 is 5.72. The predicted octanol–water partition coefficient (Wildman–Crippen LogP) is 0.667. The van der Waals surface area contributed by atoms with Gasteiger partial charge in [-0.15, -0.1) is 0 Å². The van der Waals surface area contributed by atoms with Gasteiger partial charge in [-0.1, -0.05) is 12.2 Å². The standard InChI is InChI=1S/C14H28N4S/c1-17(2)14(19)13(11-3-7-16-8-4-11)18-9-5-12(15)6-10-18/h11-13,16H,3-10,15H2,1-2H3. The maximum absolute atomic E-state index is 6.03. The average molecular weight is 284 g/mol. The van der Waals surface area contributed by atoms with Gasteiger partial charge in [0, 0.05) is 33.2 Å². The van der Waals surface area contributed by atoms with Crippen LogP contribution in [0, 0.1) is 5.92 Å². The van der Waals surface area contributed by atoms with Crippen LogP contribution in [0.25, 0.3) is 0 Å². The van der Waals surface area contributed by atoms with Crippen molar-refractivity contribution in [3.05, 3.63) is 0 Å². The van der Waals surface area contributed by atoms with E-state index in [0.29, 0.717) is 18.0 Å². The van der Waals surface area contributed by atoms with Gasteiger partial charge in [0.05, 0.1) is 11.0 Å². The Labute approximate surface area is 122 Å². The molecule has 0 radical (unpaired) electrons. The summed E-state index contributed by atoms with van der Waals surface area (Å²) in [7, 11) is 4.15. The summed E-state index contributed by atoms with van der Waals surface area (Å²) in [5.74, 6) is 0.700. The molecule has 19 heavy (non-hydrogen) atoms. The second-order valence-corrected chi connectivity index (χ2v) is 6.56. The van der Waals surface area contributed by atoms with Crippen LogP contribution < -0.4 is 11.1 Å². The molecule has 2 saturated heterocycles. The molecule has 2 aliphatic heterocycles. The Bertz CT molecular complexity index is 294. The summed E-state index contributed by atoms with van der Waals surface area (Å²) < 4.78 is 0. The highest BCUT2D eigenvalue weighted by molar-refractivity contribution is 7.80. The number of hydrogen-bond acceptors (Lipinski definition) is 4. The molecule has 5 heteroatoms. The highest BCUT2D eigenvalue weighted by Gasteiger charge is 2.34. The van der Waals surface area contributed by atoms with Crippen LogP contribution in [-0.4, -0.2) is 67.1 Å². The second-order valence-electron chi connectivity index (χ2n) is 6.14. The maximum Gasteiger partial charge on any atom is 0.0951 e.